The van der Waals surface area contributed by atoms with Crippen LogP contribution in [0.15, 0.2) is 52.4 Å². The number of aliphatic imine (C=N–C) groups is 2. The highest BCUT2D eigenvalue weighted by atomic mass is 19.1. The number of hydrogen-bond donors (Lipinski definition) is 1. The van der Waals surface area contributed by atoms with E-state index in [4.69, 9.17) is 9.98 Å². The lowest BCUT2D eigenvalue weighted by Crippen LogP contribution is -2.55. The van der Waals surface area contributed by atoms with Crippen LogP contribution in [-0.4, -0.2) is 47.4 Å². The Balaban J connectivity index is 1.80. The summed E-state index contributed by atoms with van der Waals surface area (Å²) >= 11 is 0. The number of piperidine rings is 2. The highest BCUT2D eigenvalue weighted by Crippen LogP contribution is 2.22. The quantitative estimate of drug-likeness (QED) is 0.480. The Morgan fingerprint density at radius 3 is 2.24 bits per heavy atom. The SMILES string of the molecule is Cc1cccc(C)c1C(=Nc1ccc(F)cc1)N=C(NN1CCCCC1)N1CCCCC1C. The second-order valence-corrected chi connectivity index (χ2v) is 9.31. The molecule has 0 aliphatic carbocycles. The van der Waals surface area contributed by atoms with Gasteiger partial charge in [-0.1, -0.05) is 24.6 Å². The number of rotatable bonds is 3. The zero-order valence-corrected chi connectivity index (χ0v) is 20.1. The Morgan fingerprint density at radius 2 is 1.58 bits per heavy atom. The zero-order chi connectivity index (χ0) is 23.2. The molecule has 2 aromatic carbocycles. The first kappa shape index (κ1) is 23.4. The van der Waals surface area contributed by atoms with E-state index in [1.807, 2.05) is 0 Å². The van der Waals surface area contributed by atoms with Crippen LogP contribution in [0.25, 0.3) is 0 Å². The lowest BCUT2D eigenvalue weighted by molar-refractivity contribution is 0.168. The summed E-state index contributed by atoms with van der Waals surface area (Å²) in [6, 6.07) is 13.0. The molecule has 2 aliphatic heterocycles. The number of halogens is 1. The molecular formula is C27H36FN5. The van der Waals surface area contributed by atoms with Crippen molar-refractivity contribution in [1.29, 1.82) is 0 Å². The molecule has 33 heavy (non-hydrogen) atoms. The summed E-state index contributed by atoms with van der Waals surface area (Å²) in [5.41, 5.74) is 7.64. The van der Waals surface area contributed by atoms with E-state index < -0.39 is 0 Å². The third-order valence-electron chi connectivity index (χ3n) is 6.67. The van der Waals surface area contributed by atoms with Crippen molar-refractivity contribution in [3.05, 3.63) is 65.0 Å². The minimum Gasteiger partial charge on any atom is -0.339 e. The van der Waals surface area contributed by atoms with E-state index in [-0.39, 0.29) is 5.82 Å². The van der Waals surface area contributed by atoms with Gasteiger partial charge in [-0.15, -0.1) is 0 Å². The Kier molecular flexibility index (Phi) is 7.76. The van der Waals surface area contributed by atoms with Crippen molar-refractivity contribution >= 4 is 17.5 Å². The van der Waals surface area contributed by atoms with Gasteiger partial charge in [0, 0.05) is 31.2 Å². The standard InChI is InChI=1S/C27H36FN5/c1-20-10-9-11-21(2)25(20)26(29-24-15-13-23(28)14-16-24)30-27(31-32-17-6-4-7-18-32)33-19-8-5-12-22(33)3/h9-11,13-16,22H,4-8,12,17-19H2,1-3H3,(H,29,30,31). The summed E-state index contributed by atoms with van der Waals surface area (Å²) < 4.78 is 13.5. The van der Waals surface area contributed by atoms with E-state index in [9.17, 15) is 4.39 Å². The molecule has 1 atom stereocenters. The van der Waals surface area contributed by atoms with Gasteiger partial charge in [-0.05, 0) is 88.3 Å². The highest BCUT2D eigenvalue weighted by molar-refractivity contribution is 6.08. The van der Waals surface area contributed by atoms with Crippen LogP contribution in [0, 0.1) is 19.7 Å². The molecule has 2 aliphatic rings. The lowest BCUT2D eigenvalue weighted by Gasteiger charge is -2.39. The number of guanidine groups is 1. The molecule has 0 aromatic heterocycles. The van der Waals surface area contributed by atoms with Gasteiger partial charge in [0.2, 0.25) is 5.96 Å². The van der Waals surface area contributed by atoms with E-state index in [1.165, 1.54) is 44.2 Å². The molecule has 0 amide bonds. The molecule has 6 heteroatoms. The van der Waals surface area contributed by atoms with Crippen molar-refractivity contribution in [2.45, 2.75) is 65.3 Å². The molecule has 2 heterocycles. The minimum atomic E-state index is -0.263. The first-order valence-corrected chi connectivity index (χ1v) is 12.3. The number of nitrogens with one attached hydrogen (secondary N) is 1. The highest BCUT2D eigenvalue weighted by Gasteiger charge is 2.25. The Morgan fingerprint density at radius 1 is 0.909 bits per heavy atom. The summed E-state index contributed by atoms with van der Waals surface area (Å²) in [5, 5.41) is 2.30. The smallest absolute Gasteiger partial charge is 0.215 e. The van der Waals surface area contributed by atoms with Crippen molar-refractivity contribution in [3.8, 4) is 0 Å². The zero-order valence-electron chi connectivity index (χ0n) is 20.1. The predicted molar refractivity (Wildman–Crippen MR) is 135 cm³/mol. The topological polar surface area (TPSA) is 43.2 Å². The third-order valence-corrected chi connectivity index (χ3v) is 6.67. The molecule has 4 rings (SSSR count). The summed E-state index contributed by atoms with van der Waals surface area (Å²) in [6.07, 6.45) is 7.26. The number of hydrazine groups is 1. The number of nitrogens with zero attached hydrogens (tertiary/aromatic N) is 4. The molecular weight excluding hydrogens is 413 g/mol. The first-order chi connectivity index (χ1) is 16.0. The number of benzene rings is 2. The van der Waals surface area contributed by atoms with E-state index >= 15 is 0 Å². The van der Waals surface area contributed by atoms with Crippen molar-refractivity contribution in [2.24, 2.45) is 9.98 Å². The number of hydrogen-bond acceptors (Lipinski definition) is 2. The van der Waals surface area contributed by atoms with E-state index in [0.29, 0.717) is 17.6 Å². The average Bonchev–Trinajstić information content (AvgIpc) is 2.81. The van der Waals surface area contributed by atoms with Gasteiger partial charge in [-0.3, -0.25) is 5.43 Å². The van der Waals surface area contributed by atoms with Crippen molar-refractivity contribution < 1.29 is 4.39 Å². The van der Waals surface area contributed by atoms with Gasteiger partial charge < -0.3 is 4.90 Å². The van der Waals surface area contributed by atoms with Gasteiger partial charge in [0.15, 0.2) is 5.84 Å². The fourth-order valence-electron chi connectivity index (χ4n) is 4.76. The van der Waals surface area contributed by atoms with Gasteiger partial charge in [-0.25, -0.2) is 14.4 Å². The van der Waals surface area contributed by atoms with Gasteiger partial charge in [-0.2, -0.15) is 4.99 Å². The van der Waals surface area contributed by atoms with Crippen molar-refractivity contribution in [3.63, 3.8) is 0 Å². The molecule has 0 radical (unpaired) electrons. The van der Waals surface area contributed by atoms with Crippen LogP contribution in [0.4, 0.5) is 10.1 Å². The van der Waals surface area contributed by atoms with E-state index in [0.717, 1.165) is 48.7 Å². The average molecular weight is 450 g/mol. The molecule has 0 saturated carbocycles. The van der Waals surface area contributed by atoms with E-state index in [2.05, 4.69) is 54.3 Å². The van der Waals surface area contributed by atoms with Gasteiger partial charge in [0.1, 0.15) is 5.82 Å². The van der Waals surface area contributed by atoms with Crippen LogP contribution in [0.2, 0.25) is 0 Å². The maximum Gasteiger partial charge on any atom is 0.215 e. The number of likely N-dealkylation sites (tertiary alicyclic amines) is 1. The van der Waals surface area contributed by atoms with Crippen LogP contribution in [0.3, 0.4) is 0 Å². The van der Waals surface area contributed by atoms with Crippen molar-refractivity contribution in [1.82, 2.24) is 15.3 Å². The predicted octanol–water partition coefficient (Wildman–Crippen LogP) is 5.74. The molecule has 0 spiro atoms. The molecule has 5 nitrogen and oxygen atoms in total. The molecule has 176 valence electrons. The number of aryl methyl sites for hydroxylation is 2. The Hall–Kier alpha value is -2.73. The molecule has 1 unspecified atom stereocenters. The van der Waals surface area contributed by atoms with Gasteiger partial charge in [0.05, 0.1) is 5.69 Å². The second-order valence-electron chi connectivity index (χ2n) is 9.31. The maximum absolute atomic E-state index is 13.5. The third kappa shape index (κ3) is 5.99. The fourth-order valence-corrected chi connectivity index (χ4v) is 4.76. The van der Waals surface area contributed by atoms with Crippen LogP contribution in [0.1, 0.15) is 62.1 Å². The van der Waals surface area contributed by atoms with Gasteiger partial charge >= 0.3 is 0 Å². The largest absolute Gasteiger partial charge is 0.339 e. The molecule has 1 N–H and O–H groups in total. The van der Waals surface area contributed by atoms with Crippen LogP contribution < -0.4 is 5.43 Å². The van der Waals surface area contributed by atoms with E-state index in [1.54, 1.807) is 12.1 Å². The van der Waals surface area contributed by atoms with Crippen molar-refractivity contribution in [2.75, 3.05) is 19.6 Å². The lowest BCUT2D eigenvalue weighted by atomic mass is 10.0. The normalized spacial score (nSPS) is 20.7. The summed E-state index contributed by atoms with van der Waals surface area (Å²) in [5.74, 6) is 1.27. The monoisotopic (exact) mass is 449 g/mol. The summed E-state index contributed by atoms with van der Waals surface area (Å²) in [7, 11) is 0. The Labute approximate surface area is 197 Å². The fraction of sp³-hybridized carbons (Fsp3) is 0.481. The van der Waals surface area contributed by atoms with Crippen LogP contribution in [-0.2, 0) is 0 Å². The molecule has 2 fully saturated rings. The maximum atomic E-state index is 13.5. The number of amidine groups is 1. The second kappa shape index (κ2) is 10.9. The molecule has 2 saturated heterocycles. The van der Waals surface area contributed by atoms with Crippen LogP contribution in [0.5, 0.6) is 0 Å². The summed E-state index contributed by atoms with van der Waals surface area (Å²) in [6.45, 7) is 9.50. The molecule has 0 bridgehead atoms. The van der Waals surface area contributed by atoms with Crippen LogP contribution >= 0.6 is 0 Å². The molecule has 2 aromatic rings. The Bertz CT molecular complexity index is 972. The van der Waals surface area contributed by atoms with Gasteiger partial charge in [0.25, 0.3) is 0 Å². The first-order valence-electron chi connectivity index (χ1n) is 12.3. The minimum absolute atomic E-state index is 0.263. The summed E-state index contributed by atoms with van der Waals surface area (Å²) in [4.78, 5) is 12.5.